The number of benzene rings is 2. The molecule has 0 saturated carbocycles. The van der Waals surface area contributed by atoms with Gasteiger partial charge in [-0.05, 0) is 60.9 Å². The van der Waals surface area contributed by atoms with E-state index < -0.39 is 11.5 Å². The van der Waals surface area contributed by atoms with Gasteiger partial charge in [0.05, 0.1) is 11.6 Å². The molecule has 28 heavy (non-hydrogen) atoms. The van der Waals surface area contributed by atoms with Crippen LogP contribution in [0.5, 0.6) is 0 Å². The Morgan fingerprint density at radius 3 is 2.71 bits per heavy atom. The van der Waals surface area contributed by atoms with E-state index in [2.05, 4.69) is 5.32 Å². The van der Waals surface area contributed by atoms with E-state index in [1.54, 1.807) is 55.6 Å². The Hall–Kier alpha value is -3.72. The van der Waals surface area contributed by atoms with Gasteiger partial charge in [0.1, 0.15) is 11.4 Å². The summed E-state index contributed by atoms with van der Waals surface area (Å²) in [6.45, 7) is 1.97. The predicted octanol–water partition coefficient (Wildman–Crippen LogP) is 3.13. The number of carbonyl (C=O) groups excluding carboxylic acids is 1. The van der Waals surface area contributed by atoms with Crippen LogP contribution in [0.15, 0.2) is 65.6 Å². The molecule has 0 unspecified atom stereocenters. The molecule has 0 radical (unpaired) electrons. The lowest BCUT2D eigenvalue weighted by Gasteiger charge is -2.11. The summed E-state index contributed by atoms with van der Waals surface area (Å²) >= 11 is 0. The van der Waals surface area contributed by atoms with Crippen LogP contribution in [0.1, 0.15) is 27.0 Å². The quantitative estimate of drug-likeness (QED) is 0.744. The molecule has 0 aliphatic carbocycles. The van der Waals surface area contributed by atoms with E-state index in [9.17, 15) is 14.0 Å². The zero-order valence-corrected chi connectivity index (χ0v) is 15.3. The fourth-order valence-electron chi connectivity index (χ4n) is 2.93. The minimum Gasteiger partial charge on any atom is -0.352 e. The summed E-state index contributed by atoms with van der Waals surface area (Å²) < 4.78 is 14.6. The highest BCUT2D eigenvalue weighted by Gasteiger charge is 2.16. The van der Waals surface area contributed by atoms with Crippen LogP contribution in [0, 0.1) is 24.1 Å². The summed E-state index contributed by atoms with van der Waals surface area (Å²) in [4.78, 5) is 25.5. The number of halogens is 1. The Bertz CT molecular complexity index is 1130. The number of pyridine rings is 1. The maximum atomic E-state index is 13.2. The van der Waals surface area contributed by atoms with Gasteiger partial charge in [0.2, 0.25) is 0 Å². The molecule has 1 amide bonds. The fourth-order valence-corrected chi connectivity index (χ4v) is 2.93. The van der Waals surface area contributed by atoms with Crippen LogP contribution in [0.4, 0.5) is 4.39 Å². The van der Waals surface area contributed by atoms with Crippen LogP contribution < -0.4 is 10.9 Å². The lowest BCUT2D eigenvalue weighted by Crippen LogP contribution is -2.34. The number of hydrogen-bond acceptors (Lipinski definition) is 3. The van der Waals surface area contributed by atoms with Crippen molar-refractivity contribution in [2.75, 3.05) is 6.54 Å². The molecule has 0 spiro atoms. The van der Waals surface area contributed by atoms with Crippen molar-refractivity contribution in [1.29, 1.82) is 5.26 Å². The summed E-state index contributed by atoms with van der Waals surface area (Å²) in [5.74, 6) is -0.810. The van der Waals surface area contributed by atoms with Crippen LogP contribution in [-0.4, -0.2) is 17.0 Å². The van der Waals surface area contributed by atoms with E-state index in [0.717, 1.165) is 5.56 Å². The van der Waals surface area contributed by atoms with E-state index in [-0.39, 0.29) is 17.9 Å². The zero-order valence-electron chi connectivity index (χ0n) is 15.3. The molecule has 3 rings (SSSR count). The van der Waals surface area contributed by atoms with Crippen molar-refractivity contribution in [2.45, 2.75) is 13.3 Å². The van der Waals surface area contributed by atoms with Crippen molar-refractivity contribution in [3.05, 3.63) is 99.2 Å². The van der Waals surface area contributed by atoms with Crippen molar-refractivity contribution in [2.24, 2.45) is 0 Å². The molecule has 1 aromatic heterocycles. The predicted molar refractivity (Wildman–Crippen MR) is 104 cm³/mol. The minimum absolute atomic E-state index is 0.0455. The first kappa shape index (κ1) is 19.1. The molecular formula is C22H18FN3O2. The number of carbonyl (C=O) groups is 1. The number of nitrogens with one attached hydrogen (secondary N) is 1. The highest BCUT2D eigenvalue weighted by Crippen LogP contribution is 2.11. The molecule has 0 aliphatic heterocycles. The number of hydrogen-bond donors (Lipinski definition) is 1. The number of aromatic nitrogens is 1. The second-order valence-electron chi connectivity index (χ2n) is 6.35. The largest absolute Gasteiger partial charge is 0.352 e. The van der Waals surface area contributed by atoms with E-state index in [1.807, 2.05) is 6.07 Å². The van der Waals surface area contributed by atoms with E-state index in [1.165, 1.54) is 16.7 Å². The van der Waals surface area contributed by atoms with Crippen molar-refractivity contribution in [3.8, 4) is 11.8 Å². The normalized spacial score (nSPS) is 10.3. The Kier molecular flexibility index (Phi) is 5.66. The maximum Gasteiger partial charge on any atom is 0.268 e. The van der Waals surface area contributed by atoms with Crippen molar-refractivity contribution in [1.82, 2.24) is 9.88 Å². The SMILES string of the molecule is Cc1ccn(-c2cccc(C#N)c2)c(=O)c1C(=O)NCCc1cccc(F)c1. The summed E-state index contributed by atoms with van der Waals surface area (Å²) in [5, 5.41) is 11.8. The molecular weight excluding hydrogens is 357 g/mol. The van der Waals surface area contributed by atoms with Crippen LogP contribution in [0.3, 0.4) is 0 Å². The fraction of sp³-hybridized carbons (Fsp3) is 0.136. The molecule has 1 heterocycles. The highest BCUT2D eigenvalue weighted by atomic mass is 19.1. The van der Waals surface area contributed by atoms with E-state index >= 15 is 0 Å². The molecule has 0 fully saturated rings. The molecule has 0 saturated heterocycles. The van der Waals surface area contributed by atoms with Gasteiger partial charge in [-0.15, -0.1) is 0 Å². The average molecular weight is 375 g/mol. The van der Waals surface area contributed by atoms with Gasteiger partial charge >= 0.3 is 0 Å². The number of amides is 1. The van der Waals surface area contributed by atoms with Gasteiger partial charge in [-0.3, -0.25) is 14.2 Å². The van der Waals surface area contributed by atoms with Gasteiger partial charge in [0.25, 0.3) is 11.5 Å². The lowest BCUT2D eigenvalue weighted by atomic mass is 10.1. The van der Waals surface area contributed by atoms with Crippen LogP contribution in [-0.2, 0) is 6.42 Å². The monoisotopic (exact) mass is 375 g/mol. The Morgan fingerprint density at radius 1 is 1.18 bits per heavy atom. The number of aryl methyl sites for hydroxylation is 1. The molecule has 1 N–H and O–H groups in total. The van der Waals surface area contributed by atoms with Crippen molar-refractivity contribution in [3.63, 3.8) is 0 Å². The molecule has 140 valence electrons. The number of nitriles is 1. The molecule has 0 bridgehead atoms. The van der Waals surface area contributed by atoms with Gasteiger partial charge < -0.3 is 5.32 Å². The topological polar surface area (TPSA) is 74.9 Å². The Labute approximate surface area is 161 Å². The third kappa shape index (κ3) is 4.15. The Balaban J connectivity index is 1.82. The maximum absolute atomic E-state index is 13.2. The molecule has 0 atom stereocenters. The first-order valence-electron chi connectivity index (χ1n) is 8.75. The third-order valence-electron chi connectivity index (χ3n) is 4.37. The first-order chi connectivity index (χ1) is 13.5. The first-order valence-corrected chi connectivity index (χ1v) is 8.75. The molecule has 5 nitrogen and oxygen atoms in total. The van der Waals surface area contributed by atoms with Crippen molar-refractivity contribution >= 4 is 5.91 Å². The van der Waals surface area contributed by atoms with Gasteiger partial charge in [-0.25, -0.2) is 4.39 Å². The van der Waals surface area contributed by atoms with Gasteiger partial charge in [-0.2, -0.15) is 5.26 Å². The number of rotatable bonds is 5. The summed E-state index contributed by atoms with van der Waals surface area (Å²) in [6, 6.07) is 16.5. The zero-order chi connectivity index (χ0) is 20.1. The van der Waals surface area contributed by atoms with Gasteiger partial charge in [0, 0.05) is 18.4 Å². The molecule has 6 heteroatoms. The molecule has 3 aromatic rings. The molecule has 2 aromatic carbocycles. The van der Waals surface area contributed by atoms with Gasteiger partial charge in [-0.1, -0.05) is 18.2 Å². The van der Waals surface area contributed by atoms with Crippen LogP contribution >= 0.6 is 0 Å². The number of nitrogens with zero attached hydrogens (tertiary/aromatic N) is 2. The van der Waals surface area contributed by atoms with Crippen LogP contribution in [0.2, 0.25) is 0 Å². The smallest absolute Gasteiger partial charge is 0.268 e. The average Bonchev–Trinajstić information content (AvgIpc) is 2.68. The van der Waals surface area contributed by atoms with E-state index in [0.29, 0.717) is 23.2 Å². The van der Waals surface area contributed by atoms with Crippen LogP contribution in [0.25, 0.3) is 5.69 Å². The Morgan fingerprint density at radius 2 is 1.96 bits per heavy atom. The van der Waals surface area contributed by atoms with E-state index in [4.69, 9.17) is 5.26 Å². The summed E-state index contributed by atoms with van der Waals surface area (Å²) in [7, 11) is 0. The highest BCUT2D eigenvalue weighted by molar-refractivity contribution is 5.95. The summed E-state index contributed by atoms with van der Waals surface area (Å²) in [5.41, 5.74) is 1.84. The molecule has 0 aliphatic rings. The second-order valence-corrected chi connectivity index (χ2v) is 6.35. The van der Waals surface area contributed by atoms with Crippen molar-refractivity contribution < 1.29 is 9.18 Å². The standard InChI is InChI=1S/C22H18FN3O2/c1-15-9-11-26(19-7-3-5-17(13-19)14-24)22(28)20(15)21(27)25-10-8-16-4-2-6-18(23)12-16/h2-7,9,11-13H,8,10H2,1H3,(H,25,27). The lowest BCUT2D eigenvalue weighted by molar-refractivity contribution is 0.0951. The second kappa shape index (κ2) is 8.31. The minimum atomic E-state index is -0.482. The summed E-state index contributed by atoms with van der Waals surface area (Å²) in [6.07, 6.45) is 2.03. The van der Waals surface area contributed by atoms with Gasteiger partial charge in [0.15, 0.2) is 0 Å². The third-order valence-corrected chi connectivity index (χ3v) is 4.37.